The van der Waals surface area contributed by atoms with Gasteiger partial charge >= 0.3 is 5.97 Å². The van der Waals surface area contributed by atoms with Crippen LogP contribution in [-0.2, 0) is 9.59 Å². The smallest absolute Gasteiger partial charge is 0.307 e. The Morgan fingerprint density at radius 2 is 2.00 bits per heavy atom. The van der Waals surface area contributed by atoms with Gasteiger partial charge in [-0.3, -0.25) is 9.59 Å². The Morgan fingerprint density at radius 3 is 2.67 bits per heavy atom. The zero-order valence-corrected chi connectivity index (χ0v) is 13.1. The molecule has 3 rings (SSSR count). The van der Waals surface area contributed by atoms with Crippen molar-refractivity contribution in [3.63, 3.8) is 0 Å². The van der Waals surface area contributed by atoms with Crippen molar-refractivity contribution in [1.29, 1.82) is 0 Å². The van der Waals surface area contributed by atoms with Crippen LogP contribution in [-0.4, -0.2) is 22.0 Å². The zero-order valence-electron chi connectivity index (χ0n) is 10.8. The molecule has 2 N–H and O–H groups in total. The number of carboxylic acid groups (broad SMARTS) is 1. The summed E-state index contributed by atoms with van der Waals surface area (Å²) in [5.41, 5.74) is 0.381. The van der Waals surface area contributed by atoms with E-state index in [2.05, 4.69) is 26.2 Å². The lowest BCUT2D eigenvalue weighted by Crippen LogP contribution is -2.36. The Labute approximate surface area is 134 Å². The first-order valence-electron chi connectivity index (χ1n) is 6.50. The number of halogens is 2. The number of aliphatic carboxylic acids is 1. The van der Waals surface area contributed by atoms with Crippen molar-refractivity contribution in [1.82, 2.24) is 4.98 Å². The van der Waals surface area contributed by atoms with Crippen molar-refractivity contribution in [2.75, 3.05) is 5.32 Å². The fourth-order valence-corrected chi connectivity index (χ4v) is 3.72. The highest BCUT2D eigenvalue weighted by atomic mass is 79.9. The van der Waals surface area contributed by atoms with E-state index in [4.69, 9.17) is 11.6 Å². The van der Waals surface area contributed by atoms with Crippen LogP contribution < -0.4 is 5.32 Å². The number of hydrogen-bond acceptors (Lipinski definition) is 3. The molecular weight excluding hydrogens is 360 g/mol. The average Bonchev–Trinajstić information content (AvgIpc) is 3.03. The molecule has 1 saturated carbocycles. The van der Waals surface area contributed by atoms with Crippen LogP contribution in [0, 0.1) is 23.7 Å². The molecule has 2 unspecified atom stereocenters. The van der Waals surface area contributed by atoms with E-state index in [9.17, 15) is 14.7 Å². The minimum atomic E-state index is -0.925. The lowest BCUT2D eigenvalue weighted by atomic mass is 9.82. The maximum absolute atomic E-state index is 12.5. The Bertz CT molecular complexity index is 649. The third-order valence-corrected chi connectivity index (χ3v) is 4.85. The van der Waals surface area contributed by atoms with Gasteiger partial charge in [-0.05, 0) is 40.3 Å². The predicted octanol–water partition coefficient (Wildman–Crippen LogP) is 2.96. The lowest BCUT2D eigenvalue weighted by molar-refractivity contribution is -0.146. The number of hydrogen-bond donors (Lipinski definition) is 2. The van der Waals surface area contributed by atoms with E-state index in [1.54, 1.807) is 6.07 Å². The minimum Gasteiger partial charge on any atom is -0.481 e. The van der Waals surface area contributed by atoms with Crippen LogP contribution in [0.3, 0.4) is 0 Å². The number of allylic oxidation sites excluding steroid dienone is 2. The quantitative estimate of drug-likeness (QED) is 0.632. The van der Waals surface area contributed by atoms with E-state index in [0.29, 0.717) is 10.2 Å². The number of aromatic nitrogens is 1. The average molecular weight is 372 g/mol. The van der Waals surface area contributed by atoms with Gasteiger partial charge in [-0.1, -0.05) is 23.8 Å². The Balaban J connectivity index is 1.83. The summed E-state index contributed by atoms with van der Waals surface area (Å²) in [6.45, 7) is 0. The molecule has 110 valence electrons. The molecule has 1 heterocycles. The second kappa shape index (κ2) is 5.42. The standard InChI is InChI=1S/C14H12BrClN2O3/c15-8-4-9(12(16)17-5-8)18-13(19)10-6-1-2-7(3-6)11(10)14(20)21/h1-2,4-7,10-11H,3H2,(H,18,19)(H,20,21)/t6?,7?,10-,11+/m0/s1. The van der Waals surface area contributed by atoms with Crippen LogP contribution in [0.2, 0.25) is 5.15 Å². The van der Waals surface area contributed by atoms with Crippen molar-refractivity contribution in [2.24, 2.45) is 23.7 Å². The SMILES string of the molecule is O=C(O)[C@@H]1C2C=CC(C2)[C@@H]1C(=O)Nc1cc(Br)cnc1Cl. The van der Waals surface area contributed by atoms with Crippen molar-refractivity contribution in [2.45, 2.75) is 6.42 Å². The number of anilines is 1. The zero-order chi connectivity index (χ0) is 15.1. The summed E-state index contributed by atoms with van der Waals surface area (Å²) in [6, 6.07) is 1.64. The lowest BCUT2D eigenvalue weighted by Gasteiger charge is -2.24. The summed E-state index contributed by atoms with van der Waals surface area (Å²) >= 11 is 9.21. The normalized spacial score (nSPS) is 29.6. The topological polar surface area (TPSA) is 79.3 Å². The molecule has 2 bridgehead atoms. The number of fused-ring (bicyclic) bond motifs is 2. The molecule has 1 amide bonds. The molecule has 1 aromatic heterocycles. The highest BCUT2D eigenvalue weighted by molar-refractivity contribution is 9.10. The molecular formula is C14H12BrClN2O3. The molecule has 0 aliphatic heterocycles. The first-order valence-corrected chi connectivity index (χ1v) is 7.67. The minimum absolute atomic E-state index is 0.0185. The molecule has 0 spiro atoms. The van der Waals surface area contributed by atoms with Gasteiger partial charge in [0.05, 0.1) is 17.5 Å². The van der Waals surface area contributed by atoms with Gasteiger partial charge < -0.3 is 10.4 Å². The summed E-state index contributed by atoms with van der Waals surface area (Å²) in [7, 11) is 0. The van der Waals surface area contributed by atoms with E-state index in [-0.39, 0.29) is 22.9 Å². The summed E-state index contributed by atoms with van der Waals surface area (Å²) < 4.78 is 0.685. The molecule has 5 nitrogen and oxygen atoms in total. The molecule has 0 radical (unpaired) electrons. The Hall–Kier alpha value is -1.40. The number of carbonyl (C=O) groups excluding carboxylic acids is 1. The third kappa shape index (κ3) is 2.58. The third-order valence-electron chi connectivity index (χ3n) is 4.11. The maximum atomic E-state index is 12.5. The predicted molar refractivity (Wildman–Crippen MR) is 80.9 cm³/mol. The van der Waals surface area contributed by atoms with Crippen molar-refractivity contribution >= 4 is 45.1 Å². The molecule has 21 heavy (non-hydrogen) atoms. The molecule has 1 fully saturated rings. The van der Waals surface area contributed by atoms with Crippen LogP contribution in [0.25, 0.3) is 0 Å². The Kier molecular flexibility index (Phi) is 3.75. The number of amides is 1. The maximum Gasteiger partial charge on any atom is 0.307 e. The number of nitrogens with one attached hydrogen (secondary N) is 1. The molecule has 0 aromatic carbocycles. The van der Waals surface area contributed by atoms with Gasteiger partial charge in [0, 0.05) is 10.7 Å². The molecule has 1 aromatic rings. The second-order valence-corrected chi connectivity index (χ2v) is 6.59. The molecule has 2 aliphatic rings. The van der Waals surface area contributed by atoms with Crippen molar-refractivity contribution in [3.05, 3.63) is 34.0 Å². The number of rotatable bonds is 3. The van der Waals surface area contributed by atoms with E-state index in [1.165, 1.54) is 6.20 Å². The fourth-order valence-electron chi connectivity index (χ4n) is 3.24. The number of carbonyl (C=O) groups is 2. The van der Waals surface area contributed by atoms with Gasteiger partial charge in [-0.25, -0.2) is 4.98 Å². The monoisotopic (exact) mass is 370 g/mol. The van der Waals surface area contributed by atoms with E-state index in [0.717, 1.165) is 6.42 Å². The molecule has 2 aliphatic carbocycles. The number of carboxylic acids is 1. The van der Waals surface area contributed by atoms with Crippen molar-refractivity contribution < 1.29 is 14.7 Å². The van der Waals surface area contributed by atoms with Crippen LogP contribution in [0.1, 0.15) is 6.42 Å². The van der Waals surface area contributed by atoms with E-state index < -0.39 is 17.8 Å². The van der Waals surface area contributed by atoms with Crippen LogP contribution >= 0.6 is 27.5 Å². The van der Waals surface area contributed by atoms with Gasteiger partial charge in [0.25, 0.3) is 0 Å². The Morgan fingerprint density at radius 1 is 1.33 bits per heavy atom. The number of nitrogens with zero attached hydrogens (tertiary/aromatic N) is 1. The highest BCUT2D eigenvalue weighted by Gasteiger charge is 2.51. The molecule has 4 atom stereocenters. The second-order valence-electron chi connectivity index (χ2n) is 5.32. The summed E-state index contributed by atoms with van der Waals surface area (Å²) in [5.74, 6) is -2.55. The molecule has 7 heteroatoms. The largest absolute Gasteiger partial charge is 0.481 e. The van der Waals surface area contributed by atoms with Crippen molar-refractivity contribution in [3.8, 4) is 0 Å². The fraction of sp³-hybridized carbons (Fsp3) is 0.357. The summed E-state index contributed by atoms with van der Waals surface area (Å²) in [4.78, 5) is 27.8. The summed E-state index contributed by atoms with van der Waals surface area (Å²) in [6.07, 6.45) is 6.09. The van der Waals surface area contributed by atoms with Crippen LogP contribution in [0.4, 0.5) is 5.69 Å². The van der Waals surface area contributed by atoms with Gasteiger partial charge in [-0.15, -0.1) is 0 Å². The van der Waals surface area contributed by atoms with Gasteiger partial charge in [0.2, 0.25) is 5.91 Å². The van der Waals surface area contributed by atoms with E-state index in [1.807, 2.05) is 12.2 Å². The number of pyridine rings is 1. The first kappa shape index (κ1) is 14.5. The first-order chi connectivity index (χ1) is 9.97. The highest BCUT2D eigenvalue weighted by Crippen LogP contribution is 2.48. The van der Waals surface area contributed by atoms with Gasteiger partial charge in [0.1, 0.15) is 0 Å². The van der Waals surface area contributed by atoms with Gasteiger partial charge in [-0.2, -0.15) is 0 Å². The van der Waals surface area contributed by atoms with Crippen LogP contribution in [0.5, 0.6) is 0 Å². The molecule has 0 saturated heterocycles. The van der Waals surface area contributed by atoms with Gasteiger partial charge in [0.15, 0.2) is 5.15 Å². The van der Waals surface area contributed by atoms with Crippen LogP contribution in [0.15, 0.2) is 28.9 Å². The summed E-state index contributed by atoms with van der Waals surface area (Å²) in [5, 5.41) is 12.2. The van der Waals surface area contributed by atoms with E-state index >= 15 is 0 Å².